The summed E-state index contributed by atoms with van der Waals surface area (Å²) in [6.07, 6.45) is 1.76. The van der Waals surface area contributed by atoms with E-state index in [1.165, 1.54) is 7.11 Å². The molecule has 0 saturated carbocycles. The van der Waals surface area contributed by atoms with Gasteiger partial charge in [0.25, 0.3) is 0 Å². The van der Waals surface area contributed by atoms with Crippen LogP contribution in [0.5, 0.6) is 0 Å². The molecule has 0 spiro atoms. The van der Waals surface area contributed by atoms with Crippen molar-refractivity contribution in [3.8, 4) is 0 Å². The third kappa shape index (κ3) is 1.03. The van der Waals surface area contributed by atoms with Crippen molar-refractivity contribution in [2.45, 2.75) is 24.5 Å². The first-order valence-corrected chi connectivity index (χ1v) is 4.23. The van der Waals surface area contributed by atoms with E-state index in [-0.39, 0.29) is 5.97 Å². The number of carbonyl (C=O) groups is 1. The predicted octanol–water partition coefficient (Wildman–Crippen LogP) is -0.320. The highest BCUT2D eigenvalue weighted by Crippen LogP contribution is 2.31. The SMILES string of the molecule is COC(=O)C12CNC(CCO1)C2. The van der Waals surface area contributed by atoms with Crippen molar-refractivity contribution in [3.63, 3.8) is 0 Å². The lowest BCUT2D eigenvalue weighted by atomic mass is 9.96. The Hall–Kier alpha value is -0.610. The molecule has 0 amide bonds. The molecule has 2 fully saturated rings. The van der Waals surface area contributed by atoms with Crippen molar-refractivity contribution in [2.75, 3.05) is 20.3 Å². The summed E-state index contributed by atoms with van der Waals surface area (Å²) in [5, 5.41) is 3.25. The summed E-state index contributed by atoms with van der Waals surface area (Å²) in [6.45, 7) is 1.26. The number of nitrogens with one attached hydrogen (secondary N) is 1. The molecule has 2 aliphatic rings. The van der Waals surface area contributed by atoms with Crippen molar-refractivity contribution < 1.29 is 14.3 Å². The molecule has 2 saturated heterocycles. The average Bonchev–Trinajstić information content (AvgIpc) is 2.42. The van der Waals surface area contributed by atoms with Gasteiger partial charge in [0.2, 0.25) is 0 Å². The fourth-order valence-electron chi connectivity index (χ4n) is 1.96. The molecule has 2 heterocycles. The first-order valence-electron chi connectivity index (χ1n) is 4.23. The smallest absolute Gasteiger partial charge is 0.339 e. The highest BCUT2D eigenvalue weighted by atomic mass is 16.6. The van der Waals surface area contributed by atoms with E-state index in [0.717, 1.165) is 12.8 Å². The van der Waals surface area contributed by atoms with E-state index in [1.807, 2.05) is 0 Å². The van der Waals surface area contributed by atoms with Crippen LogP contribution >= 0.6 is 0 Å². The van der Waals surface area contributed by atoms with E-state index in [9.17, 15) is 4.79 Å². The van der Waals surface area contributed by atoms with Gasteiger partial charge < -0.3 is 14.8 Å². The number of methoxy groups -OCH3 is 1. The van der Waals surface area contributed by atoms with Gasteiger partial charge in [-0.25, -0.2) is 4.79 Å². The van der Waals surface area contributed by atoms with Crippen LogP contribution in [0.3, 0.4) is 0 Å². The molecule has 0 aliphatic carbocycles. The first kappa shape index (κ1) is 8.01. The van der Waals surface area contributed by atoms with Crippen molar-refractivity contribution >= 4 is 5.97 Å². The first-order chi connectivity index (χ1) is 5.77. The standard InChI is InChI=1S/C8H13NO3/c1-11-7(10)8-4-6(9-5-8)2-3-12-8/h6,9H,2-5H2,1H3. The molecule has 68 valence electrons. The molecule has 0 radical (unpaired) electrons. The fraction of sp³-hybridized carbons (Fsp3) is 0.875. The fourth-order valence-corrected chi connectivity index (χ4v) is 1.96. The number of rotatable bonds is 1. The van der Waals surface area contributed by atoms with E-state index >= 15 is 0 Å². The second-order valence-electron chi connectivity index (χ2n) is 3.40. The minimum absolute atomic E-state index is 0.239. The molecular formula is C8H13NO3. The second-order valence-corrected chi connectivity index (χ2v) is 3.40. The van der Waals surface area contributed by atoms with Crippen LogP contribution in [-0.2, 0) is 14.3 Å². The Kier molecular flexibility index (Phi) is 1.81. The number of ether oxygens (including phenoxy) is 2. The van der Waals surface area contributed by atoms with Crippen molar-refractivity contribution in [1.82, 2.24) is 5.32 Å². The van der Waals surface area contributed by atoms with Crippen LogP contribution in [-0.4, -0.2) is 37.9 Å². The van der Waals surface area contributed by atoms with Crippen LogP contribution in [0.25, 0.3) is 0 Å². The van der Waals surface area contributed by atoms with Gasteiger partial charge in [0.05, 0.1) is 7.11 Å². The molecule has 2 bridgehead atoms. The molecule has 0 aromatic heterocycles. The molecule has 0 aromatic carbocycles. The zero-order valence-electron chi connectivity index (χ0n) is 7.13. The highest BCUT2D eigenvalue weighted by Gasteiger charge is 2.49. The normalized spacial score (nSPS) is 39.6. The van der Waals surface area contributed by atoms with Gasteiger partial charge in [0.1, 0.15) is 0 Å². The van der Waals surface area contributed by atoms with Gasteiger partial charge in [-0.05, 0) is 6.42 Å². The summed E-state index contributed by atoms with van der Waals surface area (Å²) < 4.78 is 10.2. The largest absolute Gasteiger partial charge is 0.467 e. The summed E-state index contributed by atoms with van der Waals surface area (Å²) in [5.74, 6) is -0.239. The topological polar surface area (TPSA) is 47.6 Å². The molecule has 0 aromatic rings. The summed E-state index contributed by atoms with van der Waals surface area (Å²) >= 11 is 0. The van der Waals surface area contributed by atoms with Gasteiger partial charge >= 0.3 is 5.97 Å². The summed E-state index contributed by atoms with van der Waals surface area (Å²) in [7, 11) is 1.41. The zero-order valence-corrected chi connectivity index (χ0v) is 7.13. The number of carbonyl (C=O) groups excluding carboxylic acids is 1. The van der Waals surface area contributed by atoms with E-state index in [0.29, 0.717) is 19.2 Å². The van der Waals surface area contributed by atoms with Gasteiger partial charge in [0.15, 0.2) is 5.60 Å². The van der Waals surface area contributed by atoms with E-state index in [1.54, 1.807) is 0 Å². The van der Waals surface area contributed by atoms with Gasteiger partial charge in [0, 0.05) is 25.6 Å². The van der Waals surface area contributed by atoms with Gasteiger partial charge in [-0.1, -0.05) is 0 Å². The number of hydrogen-bond donors (Lipinski definition) is 1. The third-order valence-electron chi connectivity index (χ3n) is 2.65. The van der Waals surface area contributed by atoms with E-state index < -0.39 is 5.60 Å². The molecule has 2 atom stereocenters. The maximum Gasteiger partial charge on any atom is 0.339 e. The Morgan fingerprint density at radius 2 is 2.58 bits per heavy atom. The summed E-state index contributed by atoms with van der Waals surface area (Å²) in [6, 6.07) is 0.442. The van der Waals surface area contributed by atoms with Crippen molar-refractivity contribution in [2.24, 2.45) is 0 Å². The average molecular weight is 171 g/mol. The van der Waals surface area contributed by atoms with Crippen LogP contribution in [0.2, 0.25) is 0 Å². The minimum Gasteiger partial charge on any atom is -0.467 e. The quantitative estimate of drug-likeness (QED) is 0.549. The van der Waals surface area contributed by atoms with Gasteiger partial charge in [-0.2, -0.15) is 0 Å². The Balaban J connectivity index is 2.15. The van der Waals surface area contributed by atoms with Crippen LogP contribution in [0.4, 0.5) is 0 Å². The molecule has 4 nitrogen and oxygen atoms in total. The maximum atomic E-state index is 11.4. The minimum atomic E-state index is -0.669. The molecule has 2 unspecified atom stereocenters. The van der Waals surface area contributed by atoms with E-state index in [4.69, 9.17) is 9.47 Å². The maximum absolute atomic E-state index is 11.4. The van der Waals surface area contributed by atoms with Crippen molar-refractivity contribution in [1.29, 1.82) is 0 Å². The lowest BCUT2D eigenvalue weighted by Gasteiger charge is -2.29. The third-order valence-corrected chi connectivity index (χ3v) is 2.65. The predicted molar refractivity (Wildman–Crippen MR) is 41.7 cm³/mol. The molecule has 2 rings (SSSR count). The molecule has 4 heteroatoms. The number of hydrogen-bond acceptors (Lipinski definition) is 4. The Bertz CT molecular complexity index is 202. The van der Waals surface area contributed by atoms with Gasteiger partial charge in [-0.3, -0.25) is 0 Å². The van der Waals surface area contributed by atoms with Crippen molar-refractivity contribution in [3.05, 3.63) is 0 Å². The highest BCUT2D eigenvalue weighted by molar-refractivity contribution is 5.80. The molecule has 1 N–H and O–H groups in total. The van der Waals surface area contributed by atoms with Crippen LogP contribution in [0.1, 0.15) is 12.8 Å². The lowest BCUT2D eigenvalue weighted by molar-refractivity contribution is -0.170. The monoisotopic (exact) mass is 171 g/mol. The lowest BCUT2D eigenvalue weighted by Crippen LogP contribution is -2.45. The molecule has 2 aliphatic heterocycles. The van der Waals surface area contributed by atoms with Gasteiger partial charge in [-0.15, -0.1) is 0 Å². The summed E-state index contributed by atoms with van der Waals surface area (Å²) in [4.78, 5) is 11.4. The second kappa shape index (κ2) is 2.71. The number of fused-ring (bicyclic) bond motifs is 2. The van der Waals surface area contributed by atoms with Crippen LogP contribution in [0.15, 0.2) is 0 Å². The Morgan fingerprint density at radius 3 is 3.33 bits per heavy atom. The Labute approximate surface area is 71.2 Å². The van der Waals surface area contributed by atoms with E-state index in [2.05, 4.69) is 5.32 Å². The molecular weight excluding hydrogens is 158 g/mol. The Morgan fingerprint density at radius 1 is 1.75 bits per heavy atom. The van der Waals surface area contributed by atoms with Crippen LogP contribution in [0, 0.1) is 0 Å². The zero-order chi connectivity index (χ0) is 8.60. The van der Waals surface area contributed by atoms with Crippen LogP contribution < -0.4 is 5.32 Å². The molecule has 12 heavy (non-hydrogen) atoms. The summed E-state index contributed by atoms with van der Waals surface area (Å²) in [5.41, 5.74) is -0.669. The number of esters is 1.